The summed E-state index contributed by atoms with van der Waals surface area (Å²) in [5.74, 6) is 0. The first-order valence-corrected chi connectivity index (χ1v) is 17.6. The molecule has 4 heteroatoms. The molecule has 0 fully saturated rings. The molecule has 0 saturated carbocycles. The second kappa shape index (κ2) is 11.2. The van der Waals surface area contributed by atoms with Crippen LogP contribution in [0.1, 0.15) is 0 Å². The van der Waals surface area contributed by atoms with Gasteiger partial charge < -0.3 is 18.3 Å². The molecular formula is C48H30N2O2. The van der Waals surface area contributed by atoms with Gasteiger partial charge in [-0.3, -0.25) is 0 Å². The van der Waals surface area contributed by atoms with Gasteiger partial charge in [0.1, 0.15) is 22.3 Å². The summed E-state index contributed by atoms with van der Waals surface area (Å²) in [6, 6.07) is 64.2. The number of fused-ring (bicyclic) bond motifs is 9. The van der Waals surface area contributed by atoms with E-state index in [0.717, 1.165) is 88.8 Å². The van der Waals surface area contributed by atoms with E-state index in [1.165, 1.54) is 10.8 Å². The van der Waals surface area contributed by atoms with Gasteiger partial charge in [0, 0.05) is 49.9 Å². The Balaban J connectivity index is 1.27. The summed E-state index contributed by atoms with van der Waals surface area (Å²) >= 11 is 0. The van der Waals surface area contributed by atoms with Crippen molar-refractivity contribution < 1.29 is 8.83 Å². The Labute approximate surface area is 299 Å². The topological polar surface area (TPSA) is 34.5 Å². The van der Waals surface area contributed by atoms with Crippen molar-refractivity contribution >= 4 is 82.7 Å². The van der Waals surface area contributed by atoms with Gasteiger partial charge in [-0.2, -0.15) is 0 Å². The molecule has 0 aliphatic heterocycles. The highest BCUT2D eigenvalue weighted by Gasteiger charge is 2.26. The van der Waals surface area contributed by atoms with Gasteiger partial charge in [-0.15, -0.1) is 0 Å². The summed E-state index contributed by atoms with van der Waals surface area (Å²) < 4.78 is 15.7. The summed E-state index contributed by atoms with van der Waals surface area (Å²) in [5, 5.41) is 6.68. The number of nitrogens with zero attached hydrogens (tertiary/aromatic N) is 2. The molecule has 0 bridgehead atoms. The molecule has 11 aromatic rings. The highest BCUT2D eigenvalue weighted by molar-refractivity contribution is 6.21. The van der Waals surface area contributed by atoms with Crippen LogP contribution in [0.25, 0.3) is 82.5 Å². The van der Waals surface area contributed by atoms with Gasteiger partial charge in [-0.1, -0.05) is 109 Å². The van der Waals surface area contributed by atoms with Crippen molar-refractivity contribution in [1.29, 1.82) is 0 Å². The minimum atomic E-state index is 0.844. The predicted molar refractivity (Wildman–Crippen MR) is 215 cm³/mol. The lowest BCUT2D eigenvalue weighted by Crippen LogP contribution is -2.11. The standard InChI is InChI=1S/C48H30N2O2/c1-3-14-31(15-4-1)34-28-29-42(47-38-20-9-12-25-44(38)52-48(34)47)50(33-26-27-36-35-18-8-11-24-43(35)51-45(36)30-33)41-23-13-22-40-46(41)37-19-7-10-21-39(37)49(40)32-16-5-2-6-17-32/h1-30H. The molecule has 0 saturated heterocycles. The Hall–Kier alpha value is -7.04. The number of rotatable bonds is 5. The molecule has 0 aliphatic carbocycles. The Morgan fingerprint density at radius 1 is 0.404 bits per heavy atom. The number of benzene rings is 8. The van der Waals surface area contributed by atoms with Gasteiger partial charge in [0.25, 0.3) is 0 Å². The smallest absolute Gasteiger partial charge is 0.145 e. The number of hydrogen-bond donors (Lipinski definition) is 0. The van der Waals surface area contributed by atoms with Crippen molar-refractivity contribution in [3.8, 4) is 16.8 Å². The van der Waals surface area contributed by atoms with Crippen molar-refractivity contribution in [3.63, 3.8) is 0 Å². The van der Waals surface area contributed by atoms with E-state index in [1.807, 2.05) is 18.2 Å². The third-order valence-electron chi connectivity index (χ3n) is 10.4. The first-order valence-electron chi connectivity index (χ1n) is 17.6. The van der Waals surface area contributed by atoms with Crippen LogP contribution in [0, 0.1) is 0 Å². The number of furan rings is 2. The lowest BCUT2D eigenvalue weighted by Gasteiger charge is -2.27. The fraction of sp³-hybridized carbons (Fsp3) is 0. The molecule has 0 atom stereocenters. The number of para-hydroxylation sites is 4. The molecule has 0 amide bonds. The lowest BCUT2D eigenvalue weighted by atomic mass is 9.99. The third-order valence-corrected chi connectivity index (χ3v) is 10.4. The van der Waals surface area contributed by atoms with Crippen molar-refractivity contribution in [2.24, 2.45) is 0 Å². The summed E-state index contributed by atoms with van der Waals surface area (Å²) in [6.45, 7) is 0. The Bertz CT molecular complexity index is 3120. The monoisotopic (exact) mass is 666 g/mol. The van der Waals surface area contributed by atoms with Gasteiger partial charge in [-0.05, 0) is 72.3 Å². The maximum absolute atomic E-state index is 6.78. The van der Waals surface area contributed by atoms with E-state index in [2.05, 4.69) is 173 Å². The highest BCUT2D eigenvalue weighted by atomic mass is 16.3. The van der Waals surface area contributed by atoms with Crippen molar-refractivity contribution in [1.82, 2.24) is 4.57 Å². The summed E-state index contributed by atoms with van der Waals surface area (Å²) in [4.78, 5) is 2.40. The van der Waals surface area contributed by atoms with E-state index >= 15 is 0 Å². The Morgan fingerprint density at radius 2 is 1.04 bits per heavy atom. The van der Waals surface area contributed by atoms with Crippen LogP contribution in [0.2, 0.25) is 0 Å². The highest BCUT2D eigenvalue weighted by Crippen LogP contribution is 2.49. The van der Waals surface area contributed by atoms with Gasteiger partial charge in [0.05, 0.1) is 27.8 Å². The van der Waals surface area contributed by atoms with Crippen LogP contribution in [-0.2, 0) is 0 Å². The second-order valence-corrected chi connectivity index (χ2v) is 13.3. The molecule has 3 aromatic heterocycles. The molecule has 0 spiro atoms. The van der Waals surface area contributed by atoms with Crippen LogP contribution in [0.3, 0.4) is 0 Å². The van der Waals surface area contributed by atoms with Crippen LogP contribution < -0.4 is 4.90 Å². The maximum Gasteiger partial charge on any atom is 0.145 e. The van der Waals surface area contributed by atoms with E-state index < -0.39 is 0 Å². The first-order chi connectivity index (χ1) is 25.8. The molecule has 8 aromatic carbocycles. The Kier molecular flexibility index (Phi) is 6.22. The minimum Gasteiger partial charge on any atom is -0.456 e. The fourth-order valence-electron chi connectivity index (χ4n) is 8.15. The quantitative estimate of drug-likeness (QED) is 0.183. The summed E-state index contributed by atoms with van der Waals surface area (Å²) in [5.41, 5.74) is 12.1. The van der Waals surface area contributed by atoms with Crippen molar-refractivity contribution in [3.05, 3.63) is 182 Å². The summed E-state index contributed by atoms with van der Waals surface area (Å²) in [7, 11) is 0. The lowest BCUT2D eigenvalue weighted by molar-refractivity contribution is 0.669. The van der Waals surface area contributed by atoms with Crippen LogP contribution in [0.15, 0.2) is 191 Å². The van der Waals surface area contributed by atoms with Crippen molar-refractivity contribution in [2.45, 2.75) is 0 Å². The van der Waals surface area contributed by atoms with E-state index in [0.29, 0.717) is 0 Å². The van der Waals surface area contributed by atoms with E-state index in [-0.39, 0.29) is 0 Å². The molecule has 244 valence electrons. The zero-order chi connectivity index (χ0) is 34.2. The molecular weight excluding hydrogens is 637 g/mol. The number of hydrogen-bond acceptors (Lipinski definition) is 3. The van der Waals surface area contributed by atoms with Gasteiger partial charge in [-0.25, -0.2) is 0 Å². The van der Waals surface area contributed by atoms with E-state index in [1.54, 1.807) is 0 Å². The SMILES string of the molecule is c1ccc(-c2ccc(N(c3ccc4c(c3)oc3ccccc34)c3cccc4c3c3ccccc3n4-c3ccccc3)c3c2oc2ccccc23)cc1. The predicted octanol–water partition coefficient (Wildman–Crippen LogP) is 13.7. The van der Waals surface area contributed by atoms with Gasteiger partial charge in [0.15, 0.2) is 0 Å². The van der Waals surface area contributed by atoms with Gasteiger partial charge in [0.2, 0.25) is 0 Å². The summed E-state index contributed by atoms with van der Waals surface area (Å²) in [6.07, 6.45) is 0. The first kappa shape index (κ1) is 28.8. The zero-order valence-electron chi connectivity index (χ0n) is 28.0. The maximum atomic E-state index is 6.78. The van der Waals surface area contributed by atoms with Crippen molar-refractivity contribution in [2.75, 3.05) is 4.90 Å². The van der Waals surface area contributed by atoms with Crippen LogP contribution in [-0.4, -0.2) is 4.57 Å². The normalized spacial score (nSPS) is 11.8. The number of anilines is 3. The fourth-order valence-corrected chi connectivity index (χ4v) is 8.15. The zero-order valence-corrected chi connectivity index (χ0v) is 28.0. The number of aromatic nitrogens is 1. The minimum absolute atomic E-state index is 0.844. The van der Waals surface area contributed by atoms with Crippen LogP contribution >= 0.6 is 0 Å². The average Bonchev–Trinajstić information content (AvgIpc) is 3.89. The average molecular weight is 667 g/mol. The molecule has 3 heterocycles. The largest absolute Gasteiger partial charge is 0.456 e. The molecule has 0 unspecified atom stereocenters. The van der Waals surface area contributed by atoms with Crippen LogP contribution in [0.4, 0.5) is 17.1 Å². The molecule has 11 rings (SSSR count). The van der Waals surface area contributed by atoms with Gasteiger partial charge >= 0.3 is 0 Å². The Morgan fingerprint density at radius 3 is 1.87 bits per heavy atom. The molecule has 0 aliphatic rings. The molecule has 0 N–H and O–H groups in total. The second-order valence-electron chi connectivity index (χ2n) is 13.3. The molecule has 52 heavy (non-hydrogen) atoms. The van der Waals surface area contributed by atoms with E-state index in [9.17, 15) is 0 Å². The van der Waals surface area contributed by atoms with E-state index in [4.69, 9.17) is 8.83 Å². The molecule has 4 nitrogen and oxygen atoms in total. The third kappa shape index (κ3) is 4.21. The molecule has 0 radical (unpaired) electrons. The van der Waals surface area contributed by atoms with Crippen LogP contribution in [0.5, 0.6) is 0 Å².